The molecule has 0 aliphatic rings. The molecule has 0 spiro atoms. The minimum absolute atomic E-state index is 0.0656. The molecular formula is C19H28Cl2N2O3. The van der Waals surface area contributed by atoms with Crippen LogP contribution in [0.3, 0.4) is 0 Å². The van der Waals surface area contributed by atoms with E-state index in [9.17, 15) is 9.59 Å². The molecule has 0 radical (unpaired) electrons. The minimum atomic E-state index is -0.530. The normalized spacial score (nSPS) is 11.8. The van der Waals surface area contributed by atoms with E-state index in [4.69, 9.17) is 27.9 Å². The number of ether oxygens (including phenoxy) is 1. The molecule has 0 saturated heterocycles. The Balaban J connectivity index is 2.35. The zero-order valence-corrected chi connectivity index (χ0v) is 17.6. The van der Waals surface area contributed by atoms with Crippen LogP contribution in [0.1, 0.15) is 53.0 Å². The Morgan fingerprint density at radius 3 is 2.27 bits per heavy atom. The predicted octanol–water partition coefficient (Wildman–Crippen LogP) is 4.69. The minimum Gasteiger partial charge on any atom is -0.444 e. The van der Waals surface area contributed by atoms with Gasteiger partial charge in [-0.2, -0.15) is 0 Å². The highest BCUT2D eigenvalue weighted by molar-refractivity contribution is 6.42. The summed E-state index contributed by atoms with van der Waals surface area (Å²) in [6, 6.07) is 5.48. The lowest BCUT2D eigenvalue weighted by atomic mass is 9.84. The molecule has 7 heteroatoms. The van der Waals surface area contributed by atoms with E-state index in [1.165, 1.54) is 0 Å². The van der Waals surface area contributed by atoms with Crippen molar-refractivity contribution in [2.45, 2.75) is 58.5 Å². The molecule has 0 fully saturated rings. The number of rotatable bonds is 7. The number of hydrogen-bond donors (Lipinski definition) is 2. The molecule has 1 rings (SSSR count). The highest BCUT2D eigenvalue weighted by Gasteiger charge is 2.22. The molecule has 2 N–H and O–H groups in total. The van der Waals surface area contributed by atoms with Crippen LogP contribution in [-0.2, 0) is 14.9 Å². The Labute approximate surface area is 165 Å². The Kier molecular flexibility index (Phi) is 8.22. The number of benzene rings is 1. The third-order valence-electron chi connectivity index (χ3n) is 3.68. The van der Waals surface area contributed by atoms with E-state index in [-0.39, 0.29) is 11.3 Å². The number of carbonyl (C=O) groups is 2. The van der Waals surface area contributed by atoms with Gasteiger partial charge in [-0.1, -0.05) is 43.1 Å². The highest BCUT2D eigenvalue weighted by Crippen LogP contribution is 2.29. The molecule has 1 aromatic carbocycles. The maximum Gasteiger partial charge on any atom is 0.407 e. The Bertz CT molecular complexity index is 640. The van der Waals surface area contributed by atoms with Crippen LogP contribution < -0.4 is 10.6 Å². The molecule has 0 aliphatic carbocycles. The van der Waals surface area contributed by atoms with E-state index >= 15 is 0 Å². The Morgan fingerprint density at radius 2 is 1.69 bits per heavy atom. The number of carbonyl (C=O) groups excluding carboxylic acids is 2. The van der Waals surface area contributed by atoms with Gasteiger partial charge in [0.25, 0.3) is 0 Å². The van der Waals surface area contributed by atoms with Crippen molar-refractivity contribution in [3.63, 3.8) is 0 Å². The summed E-state index contributed by atoms with van der Waals surface area (Å²) < 4.78 is 5.13. The fourth-order valence-corrected chi connectivity index (χ4v) is 2.48. The average molecular weight is 403 g/mol. The van der Waals surface area contributed by atoms with Gasteiger partial charge in [-0.15, -0.1) is 0 Å². The number of alkyl carbamates (subject to hydrolysis) is 1. The summed E-state index contributed by atoms with van der Waals surface area (Å²) in [5.41, 5.74) is 0.190. The van der Waals surface area contributed by atoms with Crippen molar-refractivity contribution in [2.75, 3.05) is 13.1 Å². The topological polar surface area (TPSA) is 67.4 Å². The van der Waals surface area contributed by atoms with E-state index in [2.05, 4.69) is 10.6 Å². The Morgan fingerprint density at radius 1 is 1.04 bits per heavy atom. The Hall–Kier alpha value is -1.46. The molecular weight excluding hydrogens is 375 g/mol. The van der Waals surface area contributed by atoms with Crippen LogP contribution in [-0.4, -0.2) is 30.7 Å². The van der Waals surface area contributed by atoms with Crippen molar-refractivity contribution in [2.24, 2.45) is 0 Å². The first kappa shape index (κ1) is 22.6. The molecule has 0 aliphatic heterocycles. The van der Waals surface area contributed by atoms with Gasteiger partial charge >= 0.3 is 6.09 Å². The fourth-order valence-electron chi connectivity index (χ4n) is 2.18. The fraction of sp³-hybridized carbons (Fsp3) is 0.579. The lowest BCUT2D eigenvalue weighted by molar-refractivity contribution is -0.121. The molecule has 0 atom stereocenters. The summed E-state index contributed by atoms with van der Waals surface area (Å²) in [5.74, 6) is -0.0656. The summed E-state index contributed by atoms with van der Waals surface area (Å²) in [6.07, 6.45) is 0.393. The van der Waals surface area contributed by atoms with E-state index in [1.54, 1.807) is 26.8 Å². The van der Waals surface area contributed by atoms with Crippen LogP contribution in [0.15, 0.2) is 18.2 Å². The number of nitrogens with one attached hydrogen (secondary N) is 2. The average Bonchev–Trinajstić information content (AvgIpc) is 2.50. The molecule has 1 aromatic rings. The first-order valence-corrected chi connectivity index (χ1v) is 9.35. The van der Waals surface area contributed by atoms with Crippen LogP contribution in [0, 0.1) is 0 Å². The van der Waals surface area contributed by atoms with Gasteiger partial charge in [0, 0.05) is 24.9 Å². The number of hydrogen-bond acceptors (Lipinski definition) is 3. The second-order valence-corrected chi connectivity index (χ2v) is 8.64. The second-order valence-electron chi connectivity index (χ2n) is 7.82. The maximum atomic E-state index is 12.0. The first-order valence-electron chi connectivity index (χ1n) is 8.60. The quantitative estimate of drug-likeness (QED) is 0.649. The lowest BCUT2D eigenvalue weighted by Gasteiger charge is -2.26. The van der Waals surface area contributed by atoms with Gasteiger partial charge in [-0.25, -0.2) is 4.79 Å². The van der Waals surface area contributed by atoms with E-state index in [0.29, 0.717) is 36.0 Å². The molecule has 146 valence electrons. The summed E-state index contributed by atoms with van der Waals surface area (Å²) in [6.45, 7) is 10.3. The zero-order valence-electron chi connectivity index (χ0n) is 16.0. The maximum absolute atomic E-state index is 12.0. The largest absolute Gasteiger partial charge is 0.444 e. The van der Waals surface area contributed by atoms with Crippen LogP contribution in [0.2, 0.25) is 10.0 Å². The van der Waals surface area contributed by atoms with Crippen molar-refractivity contribution in [1.82, 2.24) is 10.6 Å². The standard InChI is InChI=1S/C19H28Cl2N2O3/c1-18(2,3)26-17(25)22-10-6-7-16(24)23-12-19(4,5)13-8-9-14(20)15(21)11-13/h8-9,11H,6-7,10,12H2,1-5H3,(H,22,25)(H,23,24). The molecule has 0 saturated carbocycles. The summed E-state index contributed by atoms with van der Waals surface area (Å²) in [4.78, 5) is 23.5. The summed E-state index contributed by atoms with van der Waals surface area (Å²) in [5, 5.41) is 6.56. The van der Waals surface area contributed by atoms with Crippen LogP contribution >= 0.6 is 23.2 Å². The second kappa shape index (κ2) is 9.47. The zero-order chi connectivity index (χ0) is 20.0. The molecule has 26 heavy (non-hydrogen) atoms. The lowest BCUT2D eigenvalue weighted by Crippen LogP contribution is -2.37. The summed E-state index contributed by atoms with van der Waals surface area (Å²) >= 11 is 12.0. The van der Waals surface area contributed by atoms with Gasteiger partial charge in [-0.05, 0) is 44.9 Å². The van der Waals surface area contributed by atoms with Crippen molar-refractivity contribution in [1.29, 1.82) is 0 Å². The van der Waals surface area contributed by atoms with Crippen LogP contribution in [0.4, 0.5) is 4.79 Å². The van der Waals surface area contributed by atoms with Crippen LogP contribution in [0.5, 0.6) is 0 Å². The highest BCUT2D eigenvalue weighted by atomic mass is 35.5. The number of halogens is 2. The molecule has 5 nitrogen and oxygen atoms in total. The van der Waals surface area contributed by atoms with Gasteiger partial charge in [0.1, 0.15) is 5.60 Å². The van der Waals surface area contributed by atoms with Gasteiger partial charge in [0.15, 0.2) is 0 Å². The third kappa shape index (κ3) is 8.28. The first-order chi connectivity index (χ1) is 11.9. The van der Waals surface area contributed by atoms with Gasteiger partial charge in [0.05, 0.1) is 10.0 Å². The van der Waals surface area contributed by atoms with Crippen molar-refractivity contribution < 1.29 is 14.3 Å². The van der Waals surface area contributed by atoms with Crippen molar-refractivity contribution in [3.8, 4) is 0 Å². The summed E-state index contributed by atoms with van der Waals surface area (Å²) in [7, 11) is 0. The van der Waals surface area contributed by atoms with Crippen LogP contribution in [0.25, 0.3) is 0 Å². The van der Waals surface area contributed by atoms with Gasteiger partial charge in [0.2, 0.25) is 5.91 Å². The molecule has 0 aromatic heterocycles. The van der Waals surface area contributed by atoms with Gasteiger partial charge < -0.3 is 15.4 Å². The van der Waals surface area contributed by atoms with Crippen molar-refractivity contribution >= 4 is 35.2 Å². The third-order valence-corrected chi connectivity index (χ3v) is 4.42. The van der Waals surface area contributed by atoms with E-state index < -0.39 is 11.7 Å². The number of amides is 2. The molecule has 0 bridgehead atoms. The molecule has 2 amide bonds. The van der Waals surface area contributed by atoms with Crippen molar-refractivity contribution in [3.05, 3.63) is 33.8 Å². The SMILES string of the molecule is CC(C)(C)OC(=O)NCCCC(=O)NCC(C)(C)c1ccc(Cl)c(Cl)c1. The monoisotopic (exact) mass is 402 g/mol. The predicted molar refractivity (Wildman–Crippen MR) is 106 cm³/mol. The molecule has 0 unspecified atom stereocenters. The smallest absolute Gasteiger partial charge is 0.407 e. The molecule has 0 heterocycles. The van der Waals surface area contributed by atoms with E-state index in [1.807, 2.05) is 26.0 Å². The van der Waals surface area contributed by atoms with E-state index in [0.717, 1.165) is 5.56 Å². The van der Waals surface area contributed by atoms with Gasteiger partial charge in [-0.3, -0.25) is 4.79 Å².